The predicted molar refractivity (Wildman–Crippen MR) is 113 cm³/mol. The lowest BCUT2D eigenvalue weighted by atomic mass is 10.1. The summed E-state index contributed by atoms with van der Waals surface area (Å²) in [6.45, 7) is 4.62. The number of ether oxygens (including phenoxy) is 1. The van der Waals surface area contributed by atoms with Gasteiger partial charge >= 0.3 is 0 Å². The van der Waals surface area contributed by atoms with Gasteiger partial charge in [-0.3, -0.25) is 4.68 Å². The van der Waals surface area contributed by atoms with E-state index in [-0.39, 0.29) is 0 Å². The van der Waals surface area contributed by atoms with E-state index < -0.39 is 0 Å². The summed E-state index contributed by atoms with van der Waals surface area (Å²) in [6, 6.07) is 20.4. The highest BCUT2D eigenvalue weighted by atomic mass is 16.5. The number of hydrogen-bond acceptors (Lipinski definition) is 3. The third kappa shape index (κ3) is 5.36. The zero-order valence-electron chi connectivity index (χ0n) is 16.4. The molecule has 1 aromatic heterocycles. The largest absolute Gasteiger partial charge is 0.491 e. The molecule has 0 aliphatic rings. The van der Waals surface area contributed by atoms with Crippen molar-refractivity contribution < 1.29 is 4.74 Å². The van der Waals surface area contributed by atoms with Crippen molar-refractivity contribution in [2.24, 2.45) is 12.0 Å². The maximum absolute atomic E-state index is 6.03. The fourth-order valence-corrected chi connectivity index (χ4v) is 2.84. The highest BCUT2D eigenvalue weighted by Crippen LogP contribution is 2.29. The van der Waals surface area contributed by atoms with Gasteiger partial charge in [-0.05, 0) is 24.6 Å². The lowest BCUT2D eigenvalue weighted by molar-refractivity contribution is 0.323. The number of aromatic nitrogens is 2. The summed E-state index contributed by atoms with van der Waals surface area (Å²) in [5, 5.41) is 10.7. The van der Waals surface area contributed by atoms with Crippen molar-refractivity contribution in [3.63, 3.8) is 0 Å². The number of aliphatic imine (C=N–C) groups is 1. The Balaban J connectivity index is 1.55. The van der Waals surface area contributed by atoms with Crippen molar-refractivity contribution in [3.8, 4) is 16.9 Å². The van der Waals surface area contributed by atoms with Gasteiger partial charge in [0.1, 0.15) is 12.4 Å². The molecule has 2 N–H and O–H groups in total. The number of guanidine groups is 1. The summed E-state index contributed by atoms with van der Waals surface area (Å²) < 4.78 is 7.86. The smallest absolute Gasteiger partial charge is 0.191 e. The molecule has 0 saturated heterocycles. The SMILES string of the molecule is CCNC(=NCc1ccnn1C)NCCOc1ccccc1-c1ccccc1. The molecule has 0 fully saturated rings. The Morgan fingerprint density at radius 2 is 1.82 bits per heavy atom. The molecule has 0 saturated carbocycles. The molecule has 3 aromatic rings. The lowest BCUT2D eigenvalue weighted by Gasteiger charge is -2.14. The molecule has 0 bridgehead atoms. The summed E-state index contributed by atoms with van der Waals surface area (Å²) in [6.07, 6.45) is 1.78. The molecule has 146 valence electrons. The first kappa shape index (κ1) is 19.5. The molecule has 0 unspecified atom stereocenters. The number of hydrogen-bond donors (Lipinski definition) is 2. The molecular formula is C22H27N5O. The molecule has 0 aliphatic carbocycles. The summed E-state index contributed by atoms with van der Waals surface area (Å²) in [5.41, 5.74) is 3.31. The van der Waals surface area contributed by atoms with Gasteiger partial charge in [-0.15, -0.1) is 0 Å². The maximum Gasteiger partial charge on any atom is 0.191 e. The first-order valence-corrected chi connectivity index (χ1v) is 9.54. The number of aryl methyl sites for hydroxylation is 1. The third-order valence-corrected chi connectivity index (χ3v) is 4.29. The molecular weight excluding hydrogens is 350 g/mol. The molecule has 0 spiro atoms. The number of nitrogens with one attached hydrogen (secondary N) is 2. The monoisotopic (exact) mass is 377 g/mol. The van der Waals surface area contributed by atoms with Crippen LogP contribution in [0.5, 0.6) is 5.75 Å². The Kier molecular flexibility index (Phi) is 7.07. The number of nitrogens with zero attached hydrogens (tertiary/aromatic N) is 3. The van der Waals surface area contributed by atoms with E-state index in [2.05, 4.69) is 38.9 Å². The van der Waals surface area contributed by atoms with Crippen molar-refractivity contribution in [2.75, 3.05) is 19.7 Å². The van der Waals surface area contributed by atoms with Crippen molar-refractivity contribution in [1.82, 2.24) is 20.4 Å². The summed E-state index contributed by atoms with van der Waals surface area (Å²) in [5.74, 6) is 1.65. The van der Waals surface area contributed by atoms with Gasteiger partial charge in [0.2, 0.25) is 0 Å². The zero-order chi connectivity index (χ0) is 19.6. The van der Waals surface area contributed by atoms with Crippen LogP contribution in [0.25, 0.3) is 11.1 Å². The van der Waals surface area contributed by atoms with Crippen LogP contribution < -0.4 is 15.4 Å². The third-order valence-electron chi connectivity index (χ3n) is 4.29. The van der Waals surface area contributed by atoms with Crippen LogP contribution in [-0.2, 0) is 13.6 Å². The van der Waals surface area contributed by atoms with E-state index in [0.29, 0.717) is 19.7 Å². The van der Waals surface area contributed by atoms with Crippen LogP contribution in [0, 0.1) is 0 Å². The lowest BCUT2D eigenvalue weighted by Crippen LogP contribution is -2.39. The van der Waals surface area contributed by atoms with Crippen molar-refractivity contribution >= 4 is 5.96 Å². The van der Waals surface area contributed by atoms with Gasteiger partial charge in [-0.25, -0.2) is 4.99 Å². The van der Waals surface area contributed by atoms with E-state index in [0.717, 1.165) is 35.1 Å². The fourth-order valence-electron chi connectivity index (χ4n) is 2.84. The second kappa shape index (κ2) is 10.2. The van der Waals surface area contributed by atoms with Crippen LogP contribution in [0.15, 0.2) is 71.9 Å². The number of rotatable bonds is 8. The van der Waals surface area contributed by atoms with E-state index in [4.69, 9.17) is 4.74 Å². The van der Waals surface area contributed by atoms with Crippen LogP contribution >= 0.6 is 0 Å². The molecule has 6 nitrogen and oxygen atoms in total. The second-order valence-electron chi connectivity index (χ2n) is 6.28. The minimum absolute atomic E-state index is 0.542. The van der Waals surface area contributed by atoms with Crippen LogP contribution in [0.1, 0.15) is 12.6 Å². The van der Waals surface area contributed by atoms with Gasteiger partial charge in [0, 0.05) is 25.4 Å². The van der Waals surface area contributed by atoms with E-state index in [1.165, 1.54) is 0 Å². The molecule has 6 heteroatoms. The molecule has 0 atom stereocenters. The Hall–Kier alpha value is -3.28. The quantitative estimate of drug-likeness (QED) is 0.359. The van der Waals surface area contributed by atoms with Gasteiger partial charge in [0.15, 0.2) is 5.96 Å². The fraction of sp³-hybridized carbons (Fsp3) is 0.273. The van der Waals surface area contributed by atoms with Crippen molar-refractivity contribution in [1.29, 1.82) is 0 Å². The Bertz CT molecular complexity index is 889. The number of benzene rings is 2. The van der Waals surface area contributed by atoms with Crippen LogP contribution in [0.2, 0.25) is 0 Å². The second-order valence-corrected chi connectivity index (χ2v) is 6.28. The first-order chi connectivity index (χ1) is 13.8. The summed E-state index contributed by atoms with van der Waals surface area (Å²) in [7, 11) is 1.92. The van der Waals surface area contributed by atoms with Crippen molar-refractivity contribution in [2.45, 2.75) is 13.5 Å². The van der Waals surface area contributed by atoms with Gasteiger partial charge in [-0.2, -0.15) is 5.10 Å². The minimum Gasteiger partial charge on any atom is -0.491 e. The van der Waals surface area contributed by atoms with Gasteiger partial charge in [0.05, 0.1) is 18.8 Å². The molecule has 28 heavy (non-hydrogen) atoms. The van der Waals surface area contributed by atoms with Gasteiger partial charge in [-0.1, -0.05) is 48.5 Å². The Morgan fingerprint density at radius 1 is 1.04 bits per heavy atom. The molecule has 0 radical (unpaired) electrons. The van der Waals surface area contributed by atoms with E-state index in [1.807, 2.05) is 61.1 Å². The zero-order valence-corrected chi connectivity index (χ0v) is 16.4. The average Bonchev–Trinajstić information content (AvgIpc) is 3.15. The van der Waals surface area contributed by atoms with Crippen molar-refractivity contribution in [3.05, 3.63) is 72.6 Å². The van der Waals surface area contributed by atoms with E-state index >= 15 is 0 Å². The van der Waals surface area contributed by atoms with Gasteiger partial charge < -0.3 is 15.4 Å². The highest BCUT2D eigenvalue weighted by Gasteiger charge is 2.05. The molecule has 1 heterocycles. The molecule has 0 amide bonds. The maximum atomic E-state index is 6.03. The van der Waals surface area contributed by atoms with Crippen LogP contribution in [0.3, 0.4) is 0 Å². The van der Waals surface area contributed by atoms with E-state index in [9.17, 15) is 0 Å². The highest BCUT2D eigenvalue weighted by molar-refractivity contribution is 5.79. The first-order valence-electron chi connectivity index (χ1n) is 9.54. The molecule has 2 aromatic carbocycles. The minimum atomic E-state index is 0.542. The van der Waals surface area contributed by atoms with E-state index in [1.54, 1.807) is 6.20 Å². The normalized spacial score (nSPS) is 11.3. The van der Waals surface area contributed by atoms with Crippen LogP contribution in [0.4, 0.5) is 0 Å². The van der Waals surface area contributed by atoms with Gasteiger partial charge in [0.25, 0.3) is 0 Å². The summed E-state index contributed by atoms with van der Waals surface area (Å²) in [4.78, 5) is 4.60. The number of para-hydroxylation sites is 1. The van der Waals surface area contributed by atoms with Crippen LogP contribution in [-0.4, -0.2) is 35.4 Å². The topological polar surface area (TPSA) is 63.5 Å². The Morgan fingerprint density at radius 3 is 2.57 bits per heavy atom. The summed E-state index contributed by atoms with van der Waals surface area (Å²) >= 11 is 0. The standard InChI is InChI=1S/C22H27N5O/c1-3-23-22(25-17-19-13-14-26-27(19)2)24-15-16-28-21-12-8-7-11-20(21)18-9-5-4-6-10-18/h4-14H,3,15-17H2,1-2H3,(H2,23,24,25). The molecule has 0 aliphatic heterocycles. The average molecular weight is 377 g/mol. The Labute approximate surface area is 166 Å². The molecule has 3 rings (SSSR count). The predicted octanol–water partition coefficient (Wildman–Crippen LogP) is 3.22.